The molecule has 66 valence electrons. The van der Waals surface area contributed by atoms with E-state index in [0.29, 0.717) is 0 Å². The van der Waals surface area contributed by atoms with Gasteiger partial charge in [0.25, 0.3) is 5.91 Å². The Morgan fingerprint density at radius 1 is 1.58 bits per heavy atom. The average molecular weight is 280 g/mol. The number of nitrogens with one attached hydrogen (secondary N) is 1. The quantitative estimate of drug-likeness (QED) is 0.352. The van der Waals surface area contributed by atoms with Crippen molar-refractivity contribution in [2.45, 2.75) is 0 Å². The molecule has 0 bridgehead atoms. The van der Waals surface area contributed by atoms with E-state index in [1.165, 1.54) is 17.7 Å². The number of pyridine rings is 1. The van der Waals surface area contributed by atoms with Crippen molar-refractivity contribution >= 4 is 28.5 Å². The number of hydrogen-bond acceptors (Lipinski definition) is 3. The van der Waals surface area contributed by atoms with Gasteiger partial charge in [-0.15, -0.1) is 0 Å². The highest BCUT2D eigenvalue weighted by Gasteiger charge is 2.01. The number of halogens is 1. The van der Waals surface area contributed by atoms with Crippen LogP contribution in [0.25, 0.3) is 0 Å². The SMILES string of the molecule is CI.O=C(NO)c1ccccn1. The summed E-state index contributed by atoms with van der Waals surface area (Å²) >= 11 is 2.15. The van der Waals surface area contributed by atoms with E-state index in [-0.39, 0.29) is 5.69 Å². The number of nitrogens with zero attached hydrogens (tertiary/aromatic N) is 1. The summed E-state index contributed by atoms with van der Waals surface area (Å²) in [6, 6.07) is 4.86. The second-order valence-electron chi connectivity index (χ2n) is 1.66. The highest BCUT2D eigenvalue weighted by molar-refractivity contribution is 14.1. The first-order valence-electron chi connectivity index (χ1n) is 3.08. The highest BCUT2D eigenvalue weighted by atomic mass is 127. The topological polar surface area (TPSA) is 62.2 Å². The molecule has 1 aromatic heterocycles. The lowest BCUT2D eigenvalue weighted by Crippen LogP contribution is -2.19. The molecule has 4 nitrogen and oxygen atoms in total. The molecule has 0 aliphatic heterocycles. The largest absolute Gasteiger partial charge is 0.293 e. The van der Waals surface area contributed by atoms with E-state index < -0.39 is 5.91 Å². The van der Waals surface area contributed by atoms with Gasteiger partial charge >= 0.3 is 0 Å². The summed E-state index contributed by atoms with van der Waals surface area (Å²) in [7, 11) is 0. The fourth-order valence-corrected chi connectivity index (χ4v) is 0.554. The van der Waals surface area contributed by atoms with Crippen LogP contribution in [0.4, 0.5) is 0 Å². The van der Waals surface area contributed by atoms with Gasteiger partial charge in [0.05, 0.1) is 0 Å². The molecule has 1 heterocycles. The average Bonchev–Trinajstić information content (AvgIpc) is 2.21. The molecule has 12 heavy (non-hydrogen) atoms. The summed E-state index contributed by atoms with van der Waals surface area (Å²) in [6.07, 6.45) is 1.48. The van der Waals surface area contributed by atoms with E-state index in [2.05, 4.69) is 27.6 Å². The van der Waals surface area contributed by atoms with Gasteiger partial charge in [0.15, 0.2) is 0 Å². The van der Waals surface area contributed by atoms with Crippen molar-refractivity contribution in [1.82, 2.24) is 10.5 Å². The van der Waals surface area contributed by atoms with E-state index in [0.717, 1.165) is 0 Å². The Kier molecular flexibility index (Phi) is 6.58. The van der Waals surface area contributed by atoms with Crippen molar-refractivity contribution in [2.24, 2.45) is 0 Å². The zero-order valence-electron chi connectivity index (χ0n) is 6.49. The minimum atomic E-state index is -0.597. The molecule has 0 saturated carbocycles. The fraction of sp³-hybridized carbons (Fsp3) is 0.143. The first kappa shape index (κ1) is 11.3. The third-order valence-electron chi connectivity index (χ3n) is 0.999. The normalized spacial score (nSPS) is 7.92. The number of carbonyl (C=O) groups is 1. The minimum Gasteiger partial charge on any atom is -0.288 e. The standard InChI is InChI=1S/C6H6N2O2.CH3I/c9-6(8-10)5-3-1-2-4-7-5;1-2/h1-4,10H,(H,8,9);1H3. The zero-order valence-corrected chi connectivity index (χ0v) is 8.65. The van der Waals surface area contributed by atoms with Gasteiger partial charge in [0.2, 0.25) is 0 Å². The second kappa shape index (κ2) is 6.99. The number of aromatic nitrogens is 1. The summed E-state index contributed by atoms with van der Waals surface area (Å²) in [6.45, 7) is 0. The molecule has 0 aliphatic rings. The van der Waals surface area contributed by atoms with Crippen LogP contribution < -0.4 is 5.48 Å². The van der Waals surface area contributed by atoms with Crippen molar-refractivity contribution in [2.75, 3.05) is 4.93 Å². The maximum absolute atomic E-state index is 10.6. The molecule has 0 aromatic carbocycles. The molecule has 0 radical (unpaired) electrons. The maximum Gasteiger partial charge on any atom is 0.293 e. The Hall–Kier alpha value is -0.690. The van der Waals surface area contributed by atoms with Gasteiger partial charge in [-0.05, 0) is 17.1 Å². The predicted molar refractivity (Wildman–Crippen MR) is 53.4 cm³/mol. The second-order valence-corrected chi connectivity index (χ2v) is 1.66. The number of amides is 1. The van der Waals surface area contributed by atoms with Gasteiger partial charge < -0.3 is 0 Å². The molecule has 0 saturated heterocycles. The number of alkyl halides is 1. The monoisotopic (exact) mass is 280 g/mol. The molecule has 0 spiro atoms. The number of rotatable bonds is 1. The van der Waals surface area contributed by atoms with Crippen LogP contribution in [0.3, 0.4) is 0 Å². The third kappa shape index (κ3) is 3.63. The van der Waals surface area contributed by atoms with Crippen LogP contribution in [-0.2, 0) is 0 Å². The Balaban J connectivity index is 0.000000561. The third-order valence-corrected chi connectivity index (χ3v) is 0.999. The van der Waals surface area contributed by atoms with Crippen LogP contribution in [0, 0.1) is 0 Å². The summed E-state index contributed by atoms with van der Waals surface area (Å²) in [5.41, 5.74) is 1.68. The van der Waals surface area contributed by atoms with Crippen molar-refractivity contribution in [3.8, 4) is 0 Å². The Morgan fingerprint density at radius 3 is 2.67 bits per heavy atom. The first-order valence-corrected chi connectivity index (χ1v) is 5.23. The summed E-state index contributed by atoms with van der Waals surface area (Å²) in [5.74, 6) is -0.597. The van der Waals surface area contributed by atoms with E-state index >= 15 is 0 Å². The van der Waals surface area contributed by atoms with Crippen LogP contribution >= 0.6 is 22.6 Å². The van der Waals surface area contributed by atoms with Gasteiger partial charge in [0, 0.05) is 6.20 Å². The molecule has 1 aromatic rings. The van der Waals surface area contributed by atoms with Gasteiger partial charge in [-0.1, -0.05) is 28.7 Å². The predicted octanol–water partition coefficient (Wildman–Crippen LogP) is 1.25. The molecule has 0 fully saturated rings. The first-order chi connectivity index (χ1) is 5.84. The molecular weight excluding hydrogens is 271 g/mol. The minimum absolute atomic E-state index is 0.199. The molecule has 1 rings (SSSR count). The van der Waals surface area contributed by atoms with Gasteiger partial charge in [-0.2, -0.15) is 0 Å². The van der Waals surface area contributed by atoms with E-state index in [1.807, 2.05) is 4.93 Å². The lowest BCUT2D eigenvalue weighted by atomic mass is 10.3. The lowest BCUT2D eigenvalue weighted by Gasteiger charge is -1.93. The fourth-order valence-electron chi connectivity index (χ4n) is 0.554. The van der Waals surface area contributed by atoms with Crippen LogP contribution in [-0.4, -0.2) is 21.0 Å². The number of carbonyl (C=O) groups excluding carboxylic acids is 1. The highest BCUT2D eigenvalue weighted by Crippen LogP contribution is 1.90. The summed E-state index contributed by atoms with van der Waals surface area (Å²) in [4.78, 5) is 16.2. The van der Waals surface area contributed by atoms with Gasteiger partial charge in [-0.3, -0.25) is 15.0 Å². The van der Waals surface area contributed by atoms with Gasteiger partial charge in [0.1, 0.15) is 5.69 Å². The van der Waals surface area contributed by atoms with Crippen LogP contribution in [0.5, 0.6) is 0 Å². The smallest absolute Gasteiger partial charge is 0.288 e. The van der Waals surface area contributed by atoms with Crippen LogP contribution in [0.15, 0.2) is 24.4 Å². The molecular formula is C7H9IN2O2. The maximum atomic E-state index is 10.6. The number of hydroxylamine groups is 1. The summed E-state index contributed by atoms with van der Waals surface area (Å²) < 4.78 is 0. The van der Waals surface area contributed by atoms with E-state index in [4.69, 9.17) is 5.21 Å². The van der Waals surface area contributed by atoms with E-state index in [9.17, 15) is 4.79 Å². The van der Waals surface area contributed by atoms with Crippen molar-refractivity contribution in [3.63, 3.8) is 0 Å². The molecule has 0 unspecified atom stereocenters. The summed E-state index contributed by atoms with van der Waals surface area (Å²) in [5, 5.41) is 8.15. The van der Waals surface area contributed by atoms with Gasteiger partial charge in [-0.25, -0.2) is 5.48 Å². The zero-order chi connectivity index (χ0) is 9.40. The van der Waals surface area contributed by atoms with Crippen molar-refractivity contribution < 1.29 is 10.0 Å². The molecule has 5 heteroatoms. The Morgan fingerprint density at radius 2 is 2.25 bits per heavy atom. The van der Waals surface area contributed by atoms with E-state index in [1.54, 1.807) is 12.1 Å². The van der Waals surface area contributed by atoms with Crippen LogP contribution in [0.2, 0.25) is 0 Å². The number of hydrogen-bond donors (Lipinski definition) is 2. The Labute approximate surface area is 84.1 Å². The Bertz CT molecular complexity index is 228. The lowest BCUT2D eigenvalue weighted by molar-refractivity contribution is 0.0701. The van der Waals surface area contributed by atoms with Crippen molar-refractivity contribution in [1.29, 1.82) is 0 Å². The molecule has 0 atom stereocenters. The molecule has 0 aliphatic carbocycles. The van der Waals surface area contributed by atoms with Crippen molar-refractivity contribution in [3.05, 3.63) is 30.1 Å². The van der Waals surface area contributed by atoms with Crippen LogP contribution in [0.1, 0.15) is 10.5 Å². The molecule has 1 amide bonds. The molecule has 2 N–H and O–H groups in total.